The zero-order chi connectivity index (χ0) is 16.8. The molecular weight excluding hydrogens is 300 g/mol. The van der Waals surface area contributed by atoms with Crippen molar-refractivity contribution in [3.8, 4) is 0 Å². The Labute approximate surface area is 134 Å². The van der Waals surface area contributed by atoms with Gasteiger partial charge in [0.1, 0.15) is 5.82 Å². The SMILES string of the molecule is Cc1cc(NCCCN(C)C)nc(Nc2ccc(F)c(F)c2)n1. The first-order valence-electron chi connectivity index (χ1n) is 7.40. The van der Waals surface area contributed by atoms with E-state index < -0.39 is 11.6 Å². The van der Waals surface area contributed by atoms with Gasteiger partial charge in [-0.3, -0.25) is 0 Å². The van der Waals surface area contributed by atoms with Crippen molar-refractivity contribution < 1.29 is 8.78 Å². The van der Waals surface area contributed by atoms with Crippen molar-refractivity contribution in [3.63, 3.8) is 0 Å². The molecule has 0 spiro atoms. The molecule has 2 rings (SSSR count). The first-order valence-corrected chi connectivity index (χ1v) is 7.40. The van der Waals surface area contributed by atoms with Crippen LogP contribution in [0.2, 0.25) is 0 Å². The Bertz CT molecular complexity index is 661. The Morgan fingerprint density at radius 1 is 1.09 bits per heavy atom. The minimum atomic E-state index is -0.912. The summed E-state index contributed by atoms with van der Waals surface area (Å²) in [5.41, 5.74) is 1.17. The third-order valence-electron chi connectivity index (χ3n) is 3.12. The zero-order valence-corrected chi connectivity index (χ0v) is 13.5. The second-order valence-electron chi connectivity index (χ2n) is 5.56. The Morgan fingerprint density at radius 2 is 1.87 bits per heavy atom. The number of halogens is 2. The van der Waals surface area contributed by atoms with Crippen LogP contribution >= 0.6 is 0 Å². The number of aryl methyl sites for hydroxylation is 1. The van der Waals surface area contributed by atoms with Crippen molar-refractivity contribution in [1.29, 1.82) is 0 Å². The summed E-state index contributed by atoms with van der Waals surface area (Å²) in [6, 6.07) is 5.42. The van der Waals surface area contributed by atoms with Gasteiger partial charge in [-0.15, -0.1) is 0 Å². The van der Waals surface area contributed by atoms with Crippen LogP contribution < -0.4 is 10.6 Å². The van der Waals surface area contributed by atoms with E-state index in [0.717, 1.165) is 37.3 Å². The van der Waals surface area contributed by atoms with Gasteiger partial charge in [-0.2, -0.15) is 4.98 Å². The molecule has 0 unspecified atom stereocenters. The Hall–Kier alpha value is -2.28. The molecule has 1 aromatic heterocycles. The average molecular weight is 321 g/mol. The number of benzene rings is 1. The molecule has 2 N–H and O–H groups in total. The molecule has 0 amide bonds. The first-order chi connectivity index (χ1) is 10.9. The number of rotatable bonds is 7. The minimum Gasteiger partial charge on any atom is -0.370 e. The van der Waals surface area contributed by atoms with Crippen LogP contribution in [-0.4, -0.2) is 42.1 Å². The lowest BCUT2D eigenvalue weighted by atomic mass is 10.3. The third kappa shape index (κ3) is 5.45. The summed E-state index contributed by atoms with van der Waals surface area (Å²) < 4.78 is 26.2. The molecule has 0 aliphatic rings. The van der Waals surface area contributed by atoms with Crippen molar-refractivity contribution in [2.24, 2.45) is 0 Å². The molecule has 0 saturated carbocycles. The average Bonchev–Trinajstić information content (AvgIpc) is 2.47. The molecule has 0 saturated heterocycles. The predicted octanol–water partition coefficient (Wildman–Crippen LogP) is 3.17. The number of anilines is 3. The largest absolute Gasteiger partial charge is 0.370 e. The van der Waals surface area contributed by atoms with Crippen molar-refractivity contribution in [2.45, 2.75) is 13.3 Å². The third-order valence-corrected chi connectivity index (χ3v) is 3.12. The number of nitrogens with zero attached hydrogens (tertiary/aromatic N) is 3. The maximum atomic E-state index is 13.2. The van der Waals surface area contributed by atoms with Crippen LogP contribution in [0.3, 0.4) is 0 Å². The zero-order valence-electron chi connectivity index (χ0n) is 13.5. The van der Waals surface area contributed by atoms with E-state index in [0.29, 0.717) is 17.5 Å². The van der Waals surface area contributed by atoms with E-state index in [9.17, 15) is 8.78 Å². The minimum absolute atomic E-state index is 0.339. The van der Waals surface area contributed by atoms with Crippen LogP contribution in [0.5, 0.6) is 0 Å². The van der Waals surface area contributed by atoms with Crippen molar-refractivity contribution in [2.75, 3.05) is 37.8 Å². The summed E-state index contributed by atoms with van der Waals surface area (Å²) in [5, 5.41) is 6.12. The van der Waals surface area contributed by atoms with Gasteiger partial charge in [0, 0.05) is 30.1 Å². The lowest BCUT2D eigenvalue weighted by molar-refractivity contribution is 0.405. The summed E-state index contributed by atoms with van der Waals surface area (Å²) in [4.78, 5) is 10.7. The molecule has 0 aliphatic heterocycles. The van der Waals surface area contributed by atoms with Crippen LogP contribution in [0.1, 0.15) is 12.1 Å². The summed E-state index contributed by atoms with van der Waals surface area (Å²) >= 11 is 0. The highest BCUT2D eigenvalue weighted by molar-refractivity contribution is 5.55. The molecule has 0 atom stereocenters. The molecule has 5 nitrogen and oxygen atoms in total. The van der Waals surface area contributed by atoms with Crippen molar-refractivity contribution in [1.82, 2.24) is 14.9 Å². The van der Waals surface area contributed by atoms with Gasteiger partial charge in [0.05, 0.1) is 0 Å². The highest BCUT2D eigenvalue weighted by atomic mass is 19.2. The van der Waals surface area contributed by atoms with Crippen molar-refractivity contribution in [3.05, 3.63) is 41.6 Å². The fourth-order valence-corrected chi connectivity index (χ4v) is 2.03. The Kier molecular flexibility index (Phi) is 5.81. The summed E-state index contributed by atoms with van der Waals surface area (Å²) in [6.45, 7) is 3.62. The van der Waals surface area contributed by atoms with Crippen LogP contribution in [0.4, 0.5) is 26.2 Å². The quantitative estimate of drug-likeness (QED) is 0.767. The number of hydrogen-bond acceptors (Lipinski definition) is 5. The van der Waals surface area contributed by atoms with Gasteiger partial charge in [-0.25, -0.2) is 13.8 Å². The Morgan fingerprint density at radius 3 is 2.57 bits per heavy atom. The second-order valence-corrected chi connectivity index (χ2v) is 5.56. The van der Waals surface area contributed by atoms with Gasteiger partial charge >= 0.3 is 0 Å². The molecule has 1 heterocycles. The Balaban J connectivity index is 2.03. The van der Waals surface area contributed by atoms with Gasteiger partial charge in [0.25, 0.3) is 0 Å². The molecule has 7 heteroatoms. The normalized spacial score (nSPS) is 10.9. The van der Waals surface area contributed by atoms with Crippen LogP contribution in [0, 0.1) is 18.6 Å². The van der Waals surface area contributed by atoms with Gasteiger partial charge in [0.2, 0.25) is 5.95 Å². The number of nitrogens with one attached hydrogen (secondary N) is 2. The highest BCUT2D eigenvalue weighted by Crippen LogP contribution is 2.18. The fourth-order valence-electron chi connectivity index (χ4n) is 2.03. The summed E-state index contributed by atoms with van der Waals surface area (Å²) in [6.07, 6.45) is 0.988. The van der Waals surface area contributed by atoms with E-state index >= 15 is 0 Å². The van der Waals surface area contributed by atoms with E-state index in [2.05, 4.69) is 25.5 Å². The van der Waals surface area contributed by atoms with Gasteiger partial charge < -0.3 is 15.5 Å². The van der Waals surface area contributed by atoms with Gasteiger partial charge in [-0.1, -0.05) is 0 Å². The topological polar surface area (TPSA) is 53.1 Å². The predicted molar refractivity (Wildman–Crippen MR) is 88.1 cm³/mol. The first kappa shape index (κ1) is 17.1. The maximum absolute atomic E-state index is 13.2. The lowest BCUT2D eigenvalue weighted by Gasteiger charge is -2.12. The monoisotopic (exact) mass is 321 g/mol. The van der Waals surface area contributed by atoms with E-state index in [4.69, 9.17) is 0 Å². The van der Waals surface area contributed by atoms with Gasteiger partial charge in [0.15, 0.2) is 11.6 Å². The summed E-state index contributed by atoms with van der Waals surface area (Å²) in [5.74, 6) is -0.763. The lowest BCUT2D eigenvalue weighted by Crippen LogP contribution is -2.16. The molecule has 2 aromatic rings. The smallest absolute Gasteiger partial charge is 0.229 e. The molecule has 0 radical (unpaired) electrons. The molecule has 23 heavy (non-hydrogen) atoms. The van der Waals surface area contributed by atoms with Crippen LogP contribution in [0.15, 0.2) is 24.3 Å². The van der Waals surface area contributed by atoms with Gasteiger partial charge in [-0.05, 0) is 46.1 Å². The van der Waals surface area contributed by atoms with E-state index in [1.165, 1.54) is 6.07 Å². The summed E-state index contributed by atoms with van der Waals surface area (Å²) in [7, 11) is 4.05. The fraction of sp³-hybridized carbons (Fsp3) is 0.375. The molecule has 0 fully saturated rings. The maximum Gasteiger partial charge on any atom is 0.229 e. The number of aromatic nitrogens is 2. The molecule has 1 aromatic carbocycles. The van der Waals surface area contributed by atoms with E-state index in [-0.39, 0.29) is 0 Å². The molecule has 0 aliphatic carbocycles. The van der Waals surface area contributed by atoms with Crippen LogP contribution in [0.25, 0.3) is 0 Å². The standard InChI is InChI=1S/C16H21F2N5/c1-11-9-15(19-7-4-8-23(2)3)22-16(20-11)21-12-5-6-13(17)14(18)10-12/h5-6,9-10H,4,7-8H2,1-3H3,(H2,19,20,21,22). The molecular formula is C16H21F2N5. The second kappa shape index (κ2) is 7.82. The van der Waals surface area contributed by atoms with E-state index in [1.807, 2.05) is 27.1 Å². The highest BCUT2D eigenvalue weighted by Gasteiger charge is 2.06. The molecule has 124 valence electrons. The number of hydrogen-bond donors (Lipinski definition) is 2. The van der Waals surface area contributed by atoms with Crippen LogP contribution in [-0.2, 0) is 0 Å². The van der Waals surface area contributed by atoms with E-state index in [1.54, 1.807) is 0 Å². The molecule has 0 bridgehead atoms. The van der Waals surface area contributed by atoms with Crippen molar-refractivity contribution >= 4 is 17.5 Å².